The molecule has 1 aromatic rings. The average molecular weight is 332 g/mol. The fourth-order valence-electron chi connectivity index (χ4n) is 2.75. The zero-order valence-corrected chi connectivity index (χ0v) is 14.1. The maximum atomic E-state index is 12.7. The predicted molar refractivity (Wildman–Crippen MR) is 84.4 cm³/mol. The van der Waals surface area contributed by atoms with Crippen LogP contribution >= 0.6 is 11.6 Å². The molecule has 0 heterocycles. The molecule has 0 bridgehead atoms. The summed E-state index contributed by atoms with van der Waals surface area (Å²) in [6.07, 6.45) is 4.08. The minimum absolute atomic E-state index is 0.112. The van der Waals surface area contributed by atoms with Gasteiger partial charge in [-0.05, 0) is 38.0 Å². The number of nitrogens with zero attached hydrogens (tertiary/aromatic N) is 1. The molecule has 0 aliphatic heterocycles. The lowest BCUT2D eigenvalue weighted by Gasteiger charge is -2.24. The quantitative estimate of drug-likeness (QED) is 0.751. The first kappa shape index (κ1) is 16.6. The average Bonchev–Trinajstić information content (AvgIpc) is 3.01. The van der Waals surface area contributed by atoms with Gasteiger partial charge in [-0.1, -0.05) is 12.8 Å². The third kappa shape index (κ3) is 3.52. The molecule has 4 nitrogen and oxygen atoms in total. The van der Waals surface area contributed by atoms with Crippen LogP contribution in [0, 0.1) is 0 Å². The number of alkyl halides is 1. The van der Waals surface area contributed by atoms with Crippen molar-refractivity contribution in [3.05, 3.63) is 23.8 Å². The van der Waals surface area contributed by atoms with E-state index in [0.29, 0.717) is 17.9 Å². The molecule has 0 aromatic heterocycles. The Bertz CT molecular complexity index is 583. The van der Waals surface area contributed by atoms with Gasteiger partial charge in [-0.25, -0.2) is 8.42 Å². The summed E-state index contributed by atoms with van der Waals surface area (Å²) in [5, 5.41) is 0. The van der Waals surface area contributed by atoms with Crippen molar-refractivity contribution in [3.8, 4) is 5.75 Å². The Labute approximate surface area is 132 Å². The van der Waals surface area contributed by atoms with Crippen molar-refractivity contribution in [1.82, 2.24) is 4.31 Å². The largest absolute Gasteiger partial charge is 0.494 e. The lowest BCUT2D eigenvalue weighted by molar-refractivity contribution is 0.337. The fourth-order valence-corrected chi connectivity index (χ4v) is 4.42. The van der Waals surface area contributed by atoms with E-state index >= 15 is 0 Å². The summed E-state index contributed by atoms with van der Waals surface area (Å²) in [5.41, 5.74) is 0.708. The van der Waals surface area contributed by atoms with Crippen LogP contribution in [-0.4, -0.2) is 32.4 Å². The number of ether oxygens (including phenoxy) is 1. The van der Waals surface area contributed by atoms with E-state index in [-0.39, 0.29) is 16.8 Å². The summed E-state index contributed by atoms with van der Waals surface area (Å²) in [5.74, 6) is 0.876. The number of rotatable bonds is 6. The highest BCUT2D eigenvalue weighted by Crippen LogP contribution is 2.30. The molecule has 0 N–H and O–H groups in total. The van der Waals surface area contributed by atoms with Crippen LogP contribution < -0.4 is 4.74 Å². The second kappa shape index (κ2) is 6.99. The molecule has 0 atom stereocenters. The first-order valence-electron chi connectivity index (χ1n) is 7.30. The van der Waals surface area contributed by atoms with Crippen molar-refractivity contribution < 1.29 is 13.2 Å². The van der Waals surface area contributed by atoms with Gasteiger partial charge in [0.05, 0.1) is 17.4 Å². The molecule has 0 unspecified atom stereocenters. The minimum atomic E-state index is -3.47. The molecule has 1 fully saturated rings. The van der Waals surface area contributed by atoms with Crippen LogP contribution in [0.5, 0.6) is 5.75 Å². The topological polar surface area (TPSA) is 46.6 Å². The van der Waals surface area contributed by atoms with E-state index in [1.54, 1.807) is 25.2 Å². The summed E-state index contributed by atoms with van der Waals surface area (Å²) >= 11 is 5.91. The highest BCUT2D eigenvalue weighted by Gasteiger charge is 2.30. The number of benzene rings is 1. The number of halogens is 1. The van der Waals surface area contributed by atoms with Gasteiger partial charge in [0.2, 0.25) is 10.0 Å². The molecule has 0 amide bonds. The molecule has 0 radical (unpaired) electrons. The molecule has 118 valence electrons. The monoisotopic (exact) mass is 331 g/mol. The third-order valence-corrected chi connectivity index (χ3v) is 6.19. The Morgan fingerprint density at radius 1 is 1.33 bits per heavy atom. The lowest BCUT2D eigenvalue weighted by atomic mass is 10.2. The van der Waals surface area contributed by atoms with E-state index in [2.05, 4.69) is 0 Å². The van der Waals surface area contributed by atoms with Gasteiger partial charge >= 0.3 is 0 Å². The van der Waals surface area contributed by atoms with Gasteiger partial charge in [-0.3, -0.25) is 0 Å². The number of hydrogen-bond donors (Lipinski definition) is 0. The van der Waals surface area contributed by atoms with Gasteiger partial charge in [0.25, 0.3) is 0 Å². The summed E-state index contributed by atoms with van der Waals surface area (Å²) in [6.45, 7) is 2.41. The van der Waals surface area contributed by atoms with Crippen LogP contribution in [0.2, 0.25) is 0 Å². The second-order valence-electron chi connectivity index (χ2n) is 5.30. The molecule has 0 saturated heterocycles. The minimum Gasteiger partial charge on any atom is -0.494 e. The molecule has 2 rings (SSSR count). The zero-order chi connectivity index (χ0) is 15.5. The maximum Gasteiger partial charge on any atom is 0.243 e. The van der Waals surface area contributed by atoms with Gasteiger partial charge in [0, 0.05) is 18.7 Å². The van der Waals surface area contributed by atoms with Crippen molar-refractivity contribution in [3.63, 3.8) is 0 Å². The Kier molecular flexibility index (Phi) is 5.52. The van der Waals surface area contributed by atoms with Crippen molar-refractivity contribution in [2.24, 2.45) is 0 Å². The SMILES string of the molecule is CCOc1ccc(S(=O)(=O)N(C)C2CCCC2)cc1CCl. The molecule has 1 aliphatic carbocycles. The van der Waals surface area contributed by atoms with Gasteiger partial charge in [0.15, 0.2) is 0 Å². The van der Waals surface area contributed by atoms with Gasteiger partial charge < -0.3 is 4.74 Å². The molecule has 6 heteroatoms. The van der Waals surface area contributed by atoms with Crippen LogP contribution in [0.25, 0.3) is 0 Å². The number of hydrogen-bond acceptors (Lipinski definition) is 3. The standard InChI is InChI=1S/C15H22ClNO3S/c1-3-20-15-9-8-14(10-12(15)11-16)21(18,19)17(2)13-6-4-5-7-13/h8-10,13H,3-7,11H2,1-2H3. The van der Waals surface area contributed by atoms with Crippen LogP contribution in [0.15, 0.2) is 23.1 Å². The Morgan fingerprint density at radius 2 is 2.00 bits per heavy atom. The smallest absolute Gasteiger partial charge is 0.243 e. The third-order valence-electron chi connectivity index (χ3n) is 3.99. The van der Waals surface area contributed by atoms with Crippen molar-refractivity contribution in [2.45, 2.75) is 49.4 Å². The molecule has 1 aromatic carbocycles. The van der Waals surface area contributed by atoms with E-state index in [1.165, 1.54) is 4.31 Å². The number of sulfonamides is 1. The van der Waals surface area contributed by atoms with Crippen LogP contribution in [0.4, 0.5) is 0 Å². The molecule has 0 spiro atoms. The molecule has 1 saturated carbocycles. The highest BCUT2D eigenvalue weighted by molar-refractivity contribution is 7.89. The van der Waals surface area contributed by atoms with Gasteiger partial charge in [-0.15, -0.1) is 11.6 Å². The van der Waals surface area contributed by atoms with Crippen molar-refractivity contribution in [2.75, 3.05) is 13.7 Å². The van der Waals surface area contributed by atoms with Crippen LogP contribution in [-0.2, 0) is 15.9 Å². The summed E-state index contributed by atoms with van der Waals surface area (Å²) in [7, 11) is -1.80. The lowest BCUT2D eigenvalue weighted by Crippen LogP contribution is -2.35. The highest BCUT2D eigenvalue weighted by atomic mass is 35.5. The van der Waals surface area contributed by atoms with Crippen LogP contribution in [0.3, 0.4) is 0 Å². The summed E-state index contributed by atoms with van der Waals surface area (Å²) in [6, 6.07) is 5.03. The molecule has 21 heavy (non-hydrogen) atoms. The zero-order valence-electron chi connectivity index (χ0n) is 12.5. The van der Waals surface area contributed by atoms with Crippen molar-refractivity contribution >= 4 is 21.6 Å². The van der Waals surface area contributed by atoms with E-state index < -0.39 is 10.0 Å². The Hall–Kier alpha value is -0.780. The normalized spacial score (nSPS) is 16.6. The van der Waals surface area contributed by atoms with E-state index in [1.807, 2.05) is 6.92 Å². The summed E-state index contributed by atoms with van der Waals surface area (Å²) in [4.78, 5) is 0.288. The van der Waals surface area contributed by atoms with Gasteiger partial charge in [0.1, 0.15) is 5.75 Å². The molecular formula is C15H22ClNO3S. The molecule has 1 aliphatic rings. The van der Waals surface area contributed by atoms with E-state index in [0.717, 1.165) is 25.7 Å². The predicted octanol–water partition coefficient (Wildman–Crippen LogP) is 3.39. The van der Waals surface area contributed by atoms with E-state index in [4.69, 9.17) is 16.3 Å². The summed E-state index contributed by atoms with van der Waals surface area (Å²) < 4.78 is 32.4. The second-order valence-corrected chi connectivity index (χ2v) is 7.56. The molecular weight excluding hydrogens is 310 g/mol. The van der Waals surface area contributed by atoms with Gasteiger partial charge in [-0.2, -0.15) is 4.31 Å². The van der Waals surface area contributed by atoms with E-state index in [9.17, 15) is 8.42 Å². The maximum absolute atomic E-state index is 12.7. The first-order chi connectivity index (χ1) is 10.0. The Morgan fingerprint density at radius 3 is 2.57 bits per heavy atom. The fraction of sp³-hybridized carbons (Fsp3) is 0.600. The van der Waals surface area contributed by atoms with Crippen LogP contribution in [0.1, 0.15) is 38.2 Å². The Balaban J connectivity index is 2.31. The van der Waals surface area contributed by atoms with Crippen molar-refractivity contribution in [1.29, 1.82) is 0 Å². The first-order valence-corrected chi connectivity index (χ1v) is 9.28.